The normalized spacial score (nSPS) is 15.7. The maximum atomic E-state index is 12.4. The largest absolute Gasteiger partial charge is 0.346 e. The van der Waals surface area contributed by atoms with E-state index in [1.54, 1.807) is 12.3 Å². The fourth-order valence-electron chi connectivity index (χ4n) is 4.37. The number of nitrogens with zero attached hydrogens (tertiary/aromatic N) is 4. The number of likely N-dealkylation sites (tertiary alicyclic amines) is 1. The molecule has 6 nitrogen and oxygen atoms in total. The molecule has 1 fully saturated rings. The van der Waals surface area contributed by atoms with Crippen molar-refractivity contribution in [1.29, 1.82) is 5.26 Å². The average Bonchev–Trinajstić information content (AvgIpc) is 3.25. The molecule has 1 aromatic carbocycles. The fraction of sp³-hybridized carbons (Fsp3) is 0.261. The summed E-state index contributed by atoms with van der Waals surface area (Å²) in [6.07, 6.45) is 7.56. The van der Waals surface area contributed by atoms with E-state index in [1.807, 2.05) is 42.7 Å². The Morgan fingerprint density at radius 1 is 1.10 bits per heavy atom. The minimum absolute atomic E-state index is 0.0186. The van der Waals surface area contributed by atoms with E-state index in [-0.39, 0.29) is 5.43 Å². The van der Waals surface area contributed by atoms with Crippen LogP contribution in [-0.4, -0.2) is 32.5 Å². The summed E-state index contributed by atoms with van der Waals surface area (Å²) in [5, 5.41) is 10.6. The van der Waals surface area contributed by atoms with Gasteiger partial charge in [0, 0.05) is 55.7 Å². The number of fused-ring (bicyclic) bond motifs is 3. The second kappa shape index (κ2) is 7.19. The van der Waals surface area contributed by atoms with Crippen LogP contribution in [0.2, 0.25) is 0 Å². The minimum atomic E-state index is 0.0186. The third kappa shape index (κ3) is 3.20. The van der Waals surface area contributed by atoms with Crippen LogP contribution in [0.15, 0.2) is 59.8 Å². The molecular weight excluding hydrogens is 362 g/mol. The number of hydrogen-bond donors (Lipinski definition) is 1. The van der Waals surface area contributed by atoms with Crippen LogP contribution >= 0.6 is 0 Å². The van der Waals surface area contributed by atoms with E-state index in [0.29, 0.717) is 17.0 Å². The molecule has 144 valence electrons. The second-order valence-corrected chi connectivity index (χ2v) is 7.66. The zero-order valence-corrected chi connectivity index (χ0v) is 16.0. The highest BCUT2D eigenvalue weighted by Gasteiger charge is 2.22. The number of H-pyrrole nitrogens is 1. The molecule has 6 heteroatoms. The molecule has 0 radical (unpaired) electrons. The summed E-state index contributed by atoms with van der Waals surface area (Å²) in [5.74, 6) is 0. The molecule has 0 spiro atoms. The van der Waals surface area contributed by atoms with E-state index in [2.05, 4.69) is 25.5 Å². The highest BCUT2D eigenvalue weighted by Crippen LogP contribution is 2.29. The molecule has 0 atom stereocenters. The molecule has 1 aliphatic rings. The van der Waals surface area contributed by atoms with Crippen molar-refractivity contribution in [3.05, 3.63) is 76.3 Å². The number of piperidine rings is 1. The van der Waals surface area contributed by atoms with Crippen molar-refractivity contribution in [3.8, 4) is 6.07 Å². The first-order chi connectivity index (χ1) is 14.2. The van der Waals surface area contributed by atoms with Gasteiger partial charge in [0.05, 0.1) is 22.5 Å². The van der Waals surface area contributed by atoms with Crippen LogP contribution in [0.3, 0.4) is 0 Å². The molecule has 4 heterocycles. The van der Waals surface area contributed by atoms with E-state index in [1.165, 1.54) is 5.56 Å². The third-order valence-corrected chi connectivity index (χ3v) is 5.91. The third-order valence-electron chi connectivity index (χ3n) is 5.91. The van der Waals surface area contributed by atoms with Crippen molar-refractivity contribution >= 4 is 21.9 Å². The average molecular weight is 383 g/mol. The Hall–Kier alpha value is -3.43. The van der Waals surface area contributed by atoms with Crippen molar-refractivity contribution in [2.45, 2.75) is 25.4 Å². The Balaban J connectivity index is 1.39. The molecular formula is C23H21N5O. The zero-order chi connectivity index (χ0) is 19.8. The van der Waals surface area contributed by atoms with Gasteiger partial charge in [-0.05, 0) is 36.6 Å². The van der Waals surface area contributed by atoms with E-state index < -0.39 is 0 Å². The maximum Gasteiger partial charge on any atom is 0.190 e. The number of aromatic nitrogens is 3. The Kier molecular flexibility index (Phi) is 4.38. The van der Waals surface area contributed by atoms with Crippen LogP contribution in [0.1, 0.15) is 30.0 Å². The molecule has 0 unspecified atom stereocenters. The summed E-state index contributed by atoms with van der Waals surface area (Å²) in [4.78, 5) is 22.4. The molecule has 1 N–H and O–H groups in total. The van der Waals surface area contributed by atoms with Gasteiger partial charge in [-0.1, -0.05) is 12.1 Å². The number of hydrogen-bond acceptors (Lipinski definition) is 4. The van der Waals surface area contributed by atoms with Crippen LogP contribution in [-0.2, 0) is 6.54 Å². The number of rotatable bonds is 3. The number of nitrogens with one attached hydrogen (secondary N) is 1. The lowest BCUT2D eigenvalue weighted by Gasteiger charge is -2.34. The summed E-state index contributed by atoms with van der Waals surface area (Å²) in [5.41, 5.74) is 3.74. The van der Waals surface area contributed by atoms with Gasteiger partial charge in [0.1, 0.15) is 5.65 Å². The molecule has 1 saturated heterocycles. The van der Waals surface area contributed by atoms with Crippen molar-refractivity contribution in [2.24, 2.45) is 0 Å². The van der Waals surface area contributed by atoms with Crippen LogP contribution in [0.4, 0.5) is 0 Å². The van der Waals surface area contributed by atoms with Crippen LogP contribution < -0.4 is 5.43 Å². The number of pyridine rings is 2. The predicted octanol–water partition coefficient (Wildman–Crippen LogP) is 3.59. The van der Waals surface area contributed by atoms with Crippen molar-refractivity contribution < 1.29 is 0 Å². The first kappa shape index (κ1) is 17.7. The SMILES string of the molecule is N#Cc1ccc(CN2CCC(n3ccc(=O)c4cnc5[nH]ccc5c43)CC2)cc1. The van der Waals surface area contributed by atoms with E-state index in [0.717, 1.165) is 49.0 Å². The van der Waals surface area contributed by atoms with Gasteiger partial charge in [-0.25, -0.2) is 4.98 Å². The standard InChI is InChI=1S/C23H21N5O/c24-13-16-1-3-17(4-2-16)15-27-10-6-18(7-11-27)28-12-8-21(29)20-14-26-23-19(22(20)28)5-9-25-23/h1-5,8-9,12,14,18H,6-7,10-11,15H2,(H,25,26). The first-order valence-corrected chi connectivity index (χ1v) is 9.91. The molecule has 3 aromatic heterocycles. The predicted molar refractivity (Wildman–Crippen MR) is 113 cm³/mol. The van der Waals surface area contributed by atoms with Crippen LogP contribution in [0.25, 0.3) is 21.9 Å². The van der Waals surface area contributed by atoms with E-state index in [9.17, 15) is 4.79 Å². The number of benzene rings is 1. The lowest BCUT2D eigenvalue weighted by molar-refractivity contribution is 0.181. The number of aromatic amines is 1. The minimum Gasteiger partial charge on any atom is -0.346 e. The Labute approximate surface area is 168 Å². The van der Waals surface area contributed by atoms with Gasteiger partial charge in [0.2, 0.25) is 0 Å². The maximum absolute atomic E-state index is 12.4. The zero-order valence-electron chi connectivity index (χ0n) is 16.0. The Bertz CT molecular complexity index is 1270. The Morgan fingerprint density at radius 2 is 1.90 bits per heavy atom. The summed E-state index contributed by atoms with van der Waals surface area (Å²) >= 11 is 0. The molecule has 0 aliphatic carbocycles. The summed E-state index contributed by atoms with van der Waals surface area (Å²) in [6.45, 7) is 2.90. The smallest absolute Gasteiger partial charge is 0.190 e. The molecule has 5 rings (SSSR count). The van der Waals surface area contributed by atoms with Crippen molar-refractivity contribution in [3.63, 3.8) is 0 Å². The molecule has 1 aliphatic heterocycles. The number of nitriles is 1. The van der Waals surface area contributed by atoms with Gasteiger partial charge in [-0.3, -0.25) is 9.69 Å². The highest BCUT2D eigenvalue weighted by molar-refractivity contribution is 6.02. The quantitative estimate of drug-likeness (QED) is 0.586. The van der Waals surface area contributed by atoms with Crippen molar-refractivity contribution in [2.75, 3.05) is 13.1 Å². The van der Waals surface area contributed by atoms with Gasteiger partial charge in [0.25, 0.3) is 0 Å². The summed E-state index contributed by atoms with van der Waals surface area (Å²) in [6, 6.07) is 14.0. The summed E-state index contributed by atoms with van der Waals surface area (Å²) < 4.78 is 2.27. The van der Waals surface area contributed by atoms with Crippen LogP contribution in [0, 0.1) is 11.3 Å². The lowest BCUT2D eigenvalue weighted by Crippen LogP contribution is -2.34. The second-order valence-electron chi connectivity index (χ2n) is 7.66. The topological polar surface area (TPSA) is 77.7 Å². The van der Waals surface area contributed by atoms with Gasteiger partial charge in [-0.15, -0.1) is 0 Å². The van der Waals surface area contributed by atoms with E-state index >= 15 is 0 Å². The molecule has 0 bridgehead atoms. The van der Waals surface area contributed by atoms with Gasteiger partial charge >= 0.3 is 0 Å². The molecule has 29 heavy (non-hydrogen) atoms. The van der Waals surface area contributed by atoms with E-state index in [4.69, 9.17) is 5.26 Å². The Morgan fingerprint density at radius 3 is 2.66 bits per heavy atom. The lowest BCUT2D eigenvalue weighted by atomic mass is 10.0. The molecule has 0 saturated carbocycles. The first-order valence-electron chi connectivity index (χ1n) is 9.91. The van der Waals surface area contributed by atoms with Gasteiger partial charge in [0.15, 0.2) is 5.43 Å². The van der Waals surface area contributed by atoms with Gasteiger partial charge < -0.3 is 9.55 Å². The monoisotopic (exact) mass is 383 g/mol. The molecule has 0 amide bonds. The molecule has 4 aromatic rings. The van der Waals surface area contributed by atoms with Crippen molar-refractivity contribution in [1.82, 2.24) is 19.4 Å². The van der Waals surface area contributed by atoms with Crippen LogP contribution in [0.5, 0.6) is 0 Å². The summed E-state index contributed by atoms with van der Waals surface area (Å²) in [7, 11) is 0. The highest BCUT2D eigenvalue weighted by atomic mass is 16.1. The fourth-order valence-corrected chi connectivity index (χ4v) is 4.37. The van der Waals surface area contributed by atoms with Gasteiger partial charge in [-0.2, -0.15) is 5.26 Å².